The van der Waals surface area contributed by atoms with Crippen molar-refractivity contribution in [1.29, 1.82) is 0 Å². The van der Waals surface area contributed by atoms with Gasteiger partial charge in [-0.3, -0.25) is 9.69 Å². The minimum atomic E-state index is -0.361. The number of aliphatic hydroxyl groups is 1. The van der Waals surface area contributed by atoms with Crippen molar-refractivity contribution < 1.29 is 9.90 Å². The summed E-state index contributed by atoms with van der Waals surface area (Å²) in [5, 5.41) is 9.11. The molecule has 2 rings (SSSR count). The van der Waals surface area contributed by atoms with Crippen molar-refractivity contribution in [2.24, 2.45) is 11.7 Å². The lowest BCUT2D eigenvalue weighted by Crippen LogP contribution is -2.58. The van der Waals surface area contributed by atoms with Crippen molar-refractivity contribution in [1.82, 2.24) is 4.90 Å². The number of aliphatic hydroxyl groups excluding tert-OH is 1. The van der Waals surface area contributed by atoms with Crippen LogP contribution in [0, 0.1) is 5.92 Å². The third-order valence-electron chi connectivity index (χ3n) is 4.37. The van der Waals surface area contributed by atoms with Crippen molar-refractivity contribution >= 4 is 5.91 Å². The molecule has 2 fully saturated rings. The first-order valence-corrected chi connectivity index (χ1v) is 6.35. The lowest BCUT2D eigenvalue weighted by atomic mass is 9.88. The largest absolute Gasteiger partial charge is 0.396 e. The second-order valence-corrected chi connectivity index (χ2v) is 5.22. The van der Waals surface area contributed by atoms with Gasteiger partial charge in [-0.25, -0.2) is 0 Å². The Hall–Kier alpha value is -0.610. The summed E-state index contributed by atoms with van der Waals surface area (Å²) >= 11 is 0. The van der Waals surface area contributed by atoms with Gasteiger partial charge in [0.2, 0.25) is 5.91 Å². The molecule has 3 N–H and O–H groups in total. The number of rotatable bonds is 3. The highest BCUT2D eigenvalue weighted by atomic mass is 16.3. The van der Waals surface area contributed by atoms with Gasteiger partial charge in [0.1, 0.15) is 5.54 Å². The lowest BCUT2D eigenvalue weighted by Gasteiger charge is -2.42. The van der Waals surface area contributed by atoms with E-state index in [1.54, 1.807) is 0 Å². The van der Waals surface area contributed by atoms with Gasteiger partial charge in [-0.15, -0.1) is 0 Å². The van der Waals surface area contributed by atoms with E-state index in [4.69, 9.17) is 10.8 Å². The van der Waals surface area contributed by atoms with Crippen LogP contribution in [0.5, 0.6) is 0 Å². The molecule has 1 saturated heterocycles. The average Bonchev–Trinajstić information content (AvgIpc) is 2.79. The van der Waals surface area contributed by atoms with E-state index in [-0.39, 0.29) is 18.1 Å². The van der Waals surface area contributed by atoms with Crippen LogP contribution in [-0.4, -0.2) is 41.1 Å². The Morgan fingerprint density at radius 1 is 1.31 bits per heavy atom. The summed E-state index contributed by atoms with van der Waals surface area (Å²) in [5.41, 5.74) is 5.24. The third-order valence-corrected chi connectivity index (χ3v) is 4.37. The normalized spacial score (nSPS) is 27.1. The van der Waals surface area contributed by atoms with E-state index in [0.29, 0.717) is 5.92 Å². The highest BCUT2D eigenvalue weighted by molar-refractivity contribution is 5.85. The standard InChI is InChI=1S/C12H22N2O2/c13-11(16)12(5-1-2-6-12)14-7-3-10(9-15)4-8-14/h10,15H,1-9H2,(H2,13,16). The number of carbonyl (C=O) groups is 1. The molecular weight excluding hydrogens is 204 g/mol. The van der Waals surface area contributed by atoms with Crippen LogP contribution in [0.25, 0.3) is 0 Å². The van der Waals surface area contributed by atoms with Crippen molar-refractivity contribution in [3.05, 3.63) is 0 Å². The lowest BCUT2D eigenvalue weighted by molar-refractivity contribution is -0.131. The molecule has 1 saturated carbocycles. The van der Waals surface area contributed by atoms with Gasteiger partial charge in [0.25, 0.3) is 0 Å². The van der Waals surface area contributed by atoms with Gasteiger partial charge >= 0.3 is 0 Å². The van der Waals surface area contributed by atoms with E-state index in [2.05, 4.69) is 4.90 Å². The topological polar surface area (TPSA) is 66.6 Å². The molecule has 4 nitrogen and oxygen atoms in total. The van der Waals surface area contributed by atoms with E-state index < -0.39 is 0 Å². The minimum Gasteiger partial charge on any atom is -0.396 e. The van der Waals surface area contributed by atoms with Gasteiger partial charge in [0, 0.05) is 6.61 Å². The summed E-state index contributed by atoms with van der Waals surface area (Å²) in [7, 11) is 0. The number of nitrogens with two attached hydrogens (primary N) is 1. The molecule has 16 heavy (non-hydrogen) atoms. The second kappa shape index (κ2) is 4.72. The fraction of sp³-hybridized carbons (Fsp3) is 0.917. The molecule has 0 aromatic carbocycles. The quantitative estimate of drug-likeness (QED) is 0.736. The molecule has 2 aliphatic rings. The van der Waals surface area contributed by atoms with E-state index >= 15 is 0 Å². The van der Waals surface area contributed by atoms with E-state index in [1.165, 1.54) is 0 Å². The molecule has 1 heterocycles. The summed E-state index contributed by atoms with van der Waals surface area (Å²) in [4.78, 5) is 14.0. The van der Waals surface area contributed by atoms with Gasteiger partial charge in [-0.2, -0.15) is 0 Å². The average molecular weight is 226 g/mol. The monoisotopic (exact) mass is 226 g/mol. The summed E-state index contributed by atoms with van der Waals surface area (Å²) < 4.78 is 0. The highest BCUT2D eigenvalue weighted by Gasteiger charge is 2.45. The summed E-state index contributed by atoms with van der Waals surface area (Å²) in [6.45, 7) is 2.10. The molecule has 1 amide bonds. The van der Waals surface area contributed by atoms with E-state index in [1.807, 2.05) is 0 Å². The Balaban J connectivity index is 2.03. The molecule has 0 atom stereocenters. The molecule has 1 aliphatic heterocycles. The number of nitrogens with zero attached hydrogens (tertiary/aromatic N) is 1. The van der Waals surface area contributed by atoms with Crippen molar-refractivity contribution in [3.63, 3.8) is 0 Å². The second-order valence-electron chi connectivity index (χ2n) is 5.22. The number of piperidine rings is 1. The number of amides is 1. The summed E-state index contributed by atoms with van der Waals surface area (Å²) in [5.74, 6) is 0.273. The molecule has 4 heteroatoms. The van der Waals surface area contributed by atoms with Crippen LogP contribution in [0.15, 0.2) is 0 Å². The first-order chi connectivity index (χ1) is 7.69. The first-order valence-electron chi connectivity index (χ1n) is 6.35. The van der Waals surface area contributed by atoms with Crippen LogP contribution in [0.4, 0.5) is 0 Å². The van der Waals surface area contributed by atoms with Gasteiger partial charge in [0.15, 0.2) is 0 Å². The zero-order valence-electron chi connectivity index (χ0n) is 9.82. The van der Waals surface area contributed by atoms with Crippen LogP contribution in [-0.2, 0) is 4.79 Å². The van der Waals surface area contributed by atoms with Gasteiger partial charge in [-0.05, 0) is 44.7 Å². The van der Waals surface area contributed by atoms with Crippen molar-refractivity contribution in [3.8, 4) is 0 Å². The number of hydrogen-bond donors (Lipinski definition) is 2. The van der Waals surface area contributed by atoms with Crippen LogP contribution in [0.3, 0.4) is 0 Å². The predicted molar refractivity (Wildman–Crippen MR) is 61.8 cm³/mol. The Bertz CT molecular complexity index is 254. The number of likely N-dealkylation sites (tertiary alicyclic amines) is 1. The smallest absolute Gasteiger partial charge is 0.237 e. The maximum atomic E-state index is 11.7. The summed E-state index contributed by atoms with van der Waals surface area (Å²) in [6.07, 6.45) is 6.06. The molecule has 0 spiro atoms. The molecular formula is C12H22N2O2. The molecule has 92 valence electrons. The summed E-state index contributed by atoms with van der Waals surface area (Å²) in [6, 6.07) is 0. The van der Waals surface area contributed by atoms with Gasteiger partial charge in [-0.1, -0.05) is 12.8 Å². The molecule has 0 bridgehead atoms. The van der Waals surface area contributed by atoms with Gasteiger partial charge in [0.05, 0.1) is 0 Å². The molecule has 0 aromatic heterocycles. The van der Waals surface area contributed by atoms with Crippen molar-refractivity contribution in [2.75, 3.05) is 19.7 Å². The Morgan fingerprint density at radius 2 is 1.88 bits per heavy atom. The predicted octanol–water partition coefficient (Wildman–Crippen LogP) is 0.489. The first kappa shape index (κ1) is 11.9. The number of hydrogen-bond acceptors (Lipinski definition) is 3. The fourth-order valence-corrected chi connectivity index (χ4v) is 3.22. The zero-order chi connectivity index (χ0) is 11.6. The fourth-order valence-electron chi connectivity index (χ4n) is 3.22. The molecule has 0 aromatic rings. The molecule has 1 aliphatic carbocycles. The SMILES string of the molecule is NC(=O)C1(N2CCC(CO)CC2)CCCC1. The van der Waals surface area contributed by atoms with E-state index in [9.17, 15) is 4.79 Å². The Morgan fingerprint density at radius 3 is 2.31 bits per heavy atom. The molecule has 0 unspecified atom stereocenters. The Labute approximate surface area is 96.8 Å². The van der Waals surface area contributed by atoms with Crippen molar-refractivity contribution in [2.45, 2.75) is 44.1 Å². The van der Waals surface area contributed by atoms with Crippen LogP contribution < -0.4 is 5.73 Å². The number of primary amides is 1. The number of carbonyl (C=O) groups excluding carboxylic acids is 1. The van der Waals surface area contributed by atoms with Crippen LogP contribution in [0.2, 0.25) is 0 Å². The van der Waals surface area contributed by atoms with Gasteiger partial charge < -0.3 is 10.8 Å². The maximum absolute atomic E-state index is 11.7. The Kier molecular flexibility index (Phi) is 3.50. The zero-order valence-corrected chi connectivity index (χ0v) is 9.82. The molecule has 0 radical (unpaired) electrons. The van der Waals surface area contributed by atoms with Crippen LogP contribution in [0.1, 0.15) is 38.5 Å². The minimum absolute atomic E-state index is 0.146. The highest BCUT2D eigenvalue weighted by Crippen LogP contribution is 2.37. The maximum Gasteiger partial charge on any atom is 0.237 e. The van der Waals surface area contributed by atoms with Crippen LogP contribution >= 0.6 is 0 Å². The third kappa shape index (κ3) is 1.96. The van der Waals surface area contributed by atoms with E-state index in [0.717, 1.165) is 51.6 Å².